The van der Waals surface area contributed by atoms with Crippen molar-refractivity contribution >= 4 is 17.8 Å². The zero-order valence-corrected chi connectivity index (χ0v) is 14.1. The summed E-state index contributed by atoms with van der Waals surface area (Å²) in [7, 11) is 0. The summed E-state index contributed by atoms with van der Waals surface area (Å²) >= 11 is 0. The van der Waals surface area contributed by atoms with E-state index in [2.05, 4.69) is 10.2 Å². The van der Waals surface area contributed by atoms with Gasteiger partial charge in [0.1, 0.15) is 6.04 Å². The van der Waals surface area contributed by atoms with Crippen LogP contribution < -0.4 is 0 Å². The van der Waals surface area contributed by atoms with Crippen LogP contribution in [0.1, 0.15) is 46.3 Å². The number of imide groups is 1. The highest BCUT2D eigenvalue weighted by Gasteiger charge is 2.44. The summed E-state index contributed by atoms with van der Waals surface area (Å²) in [6.07, 6.45) is 0. The van der Waals surface area contributed by atoms with Crippen molar-refractivity contribution in [2.45, 2.75) is 33.4 Å². The van der Waals surface area contributed by atoms with E-state index in [1.807, 2.05) is 0 Å². The standard InChI is InChI=1S/C17H17N3O5/c1-9(2)14(17(23)24-8-13-19-18-10(3)25-13)20-15(21)11-6-4-5-7-12(11)16(20)22/h4-7,9,14H,8H2,1-3H3. The average Bonchev–Trinajstić information content (AvgIpc) is 3.10. The highest BCUT2D eigenvalue weighted by atomic mass is 16.5. The van der Waals surface area contributed by atoms with E-state index in [-0.39, 0.29) is 18.4 Å². The first kappa shape index (κ1) is 16.8. The highest BCUT2D eigenvalue weighted by molar-refractivity contribution is 6.22. The molecular formula is C17H17N3O5. The molecule has 3 rings (SSSR count). The fourth-order valence-corrected chi connectivity index (χ4v) is 2.75. The number of aryl methyl sites for hydroxylation is 1. The van der Waals surface area contributed by atoms with Crippen LogP contribution in [0.5, 0.6) is 0 Å². The lowest BCUT2D eigenvalue weighted by molar-refractivity contribution is -0.151. The van der Waals surface area contributed by atoms with Crippen LogP contribution in [-0.4, -0.2) is 38.9 Å². The third-order valence-corrected chi connectivity index (χ3v) is 3.88. The summed E-state index contributed by atoms with van der Waals surface area (Å²) in [4.78, 5) is 38.7. The van der Waals surface area contributed by atoms with Crippen molar-refractivity contribution in [1.82, 2.24) is 15.1 Å². The number of rotatable bonds is 5. The van der Waals surface area contributed by atoms with Gasteiger partial charge in [0.25, 0.3) is 17.7 Å². The molecule has 2 aromatic rings. The average molecular weight is 343 g/mol. The van der Waals surface area contributed by atoms with Crippen LogP contribution in [-0.2, 0) is 16.1 Å². The van der Waals surface area contributed by atoms with Crippen LogP contribution in [0.15, 0.2) is 28.7 Å². The van der Waals surface area contributed by atoms with Gasteiger partial charge in [0.15, 0.2) is 6.61 Å². The van der Waals surface area contributed by atoms with Gasteiger partial charge in [0, 0.05) is 6.92 Å². The van der Waals surface area contributed by atoms with Crippen molar-refractivity contribution in [2.24, 2.45) is 5.92 Å². The summed E-state index contributed by atoms with van der Waals surface area (Å²) in [6, 6.07) is 5.46. The molecule has 0 saturated heterocycles. The minimum Gasteiger partial charge on any atom is -0.454 e. The monoisotopic (exact) mass is 343 g/mol. The minimum atomic E-state index is -1.03. The number of ether oxygens (including phenoxy) is 1. The third-order valence-electron chi connectivity index (χ3n) is 3.88. The number of hydrogen-bond acceptors (Lipinski definition) is 7. The largest absolute Gasteiger partial charge is 0.454 e. The lowest BCUT2D eigenvalue weighted by Gasteiger charge is -2.27. The van der Waals surface area contributed by atoms with E-state index in [1.165, 1.54) is 0 Å². The number of hydrogen-bond donors (Lipinski definition) is 0. The maximum atomic E-state index is 12.6. The van der Waals surface area contributed by atoms with Gasteiger partial charge < -0.3 is 9.15 Å². The number of carbonyl (C=O) groups is 3. The second-order valence-electron chi connectivity index (χ2n) is 6.04. The van der Waals surface area contributed by atoms with Gasteiger partial charge in [-0.2, -0.15) is 0 Å². The third kappa shape index (κ3) is 3.02. The Bertz CT molecular complexity index is 807. The maximum absolute atomic E-state index is 12.6. The number of fused-ring (bicyclic) bond motifs is 1. The van der Waals surface area contributed by atoms with E-state index in [1.54, 1.807) is 45.0 Å². The molecule has 0 fully saturated rings. The Labute approximate surface area is 143 Å². The molecule has 0 N–H and O–H groups in total. The van der Waals surface area contributed by atoms with E-state index in [0.717, 1.165) is 4.90 Å². The molecule has 0 spiro atoms. The molecule has 0 radical (unpaired) electrons. The van der Waals surface area contributed by atoms with Crippen LogP contribution in [0.3, 0.4) is 0 Å². The van der Waals surface area contributed by atoms with E-state index in [4.69, 9.17) is 9.15 Å². The van der Waals surface area contributed by atoms with Crippen molar-refractivity contribution in [1.29, 1.82) is 0 Å². The molecule has 1 aliphatic heterocycles. The number of carbonyl (C=O) groups excluding carboxylic acids is 3. The Balaban J connectivity index is 1.81. The number of amides is 2. The van der Waals surface area contributed by atoms with Gasteiger partial charge in [0.05, 0.1) is 11.1 Å². The number of benzene rings is 1. The first-order valence-electron chi connectivity index (χ1n) is 7.82. The van der Waals surface area contributed by atoms with Gasteiger partial charge in [-0.15, -0.1) is 10.2 Å². The zero-order valence-electron chi connectivity index (χ0n) is 14.1. The van der Waals surface area contributed by atoms with E-state index in [9.17, 15) is 14.4 Å². The fourth-order valence-electron chi connectivity index (χ4n) is 2.75. The molecule has 0 saturated carbocycles. The second-order valence-corrected chi connectivity index (χ2v) is 6.04. The Morgan fingerprint density at radius 2 is 1.76 bits per heavy atom. The van der Waals surface area contributed by atoms with E-state index >= 15 is 0 Å². The first-order valence-corrected chi connectivity index (χ1v) is 7.82. The normalized spacial score (nSPS) is 14.8. The summed E-state index contributed by atoms with van der Waals surface area (Å²) < 4.78 is 10.3. The quantitative estimate of drug-likeness (QED) is 0.602. The Hall–Kier alpha value is -3.03. The molecule has 0 aliphatic carbocycles. The van der Waals surface area contributed by atoms with E-state index < -0.39 is 23.8 Å². The molecule has 1 atom stereocenters. The summed E-state index contributed by atoms with van der Waals surface area (Å²) in [6.45, 7) is 4.89. The van der Waals surface area contributed by atoms with Crippen molar-refractivity contribution in [2.75, 3.05) is 0 Å². The molecular weight excluding hydrogens is 326 g/mol. The molecule has 8 heteroatoms. The molecule has 0 bridgehead atoms. The second kappa shape index (κ2) is 6.46. The van der Waals surface area contributed by atoms with Gasteiger partial charge >= 0.3 is 5.97 Å². The molecule has 2 heterocycles. The Morgan fingerprint density at radius 3 is 2.24 bits per heavy atom. The zero-order chi connectivity index (χ0) is 18.1. The van der Waals surface area contributed by atoms with E-state index in [0.29, 0.717) is 17.0 Å². The van der Waals surface area contributed by atoms with Gasteiger partial charge in [-0.25, -0.2) is 4.79 Å². The maximum Gasteiger partial charge on any atom is 0.330 e. The van der Waals surface area contributed by atoms with Gasteiger partial charge in [-0.05, 0) is 18.1 Å². The van der Waals surface area contributed by atoms with Gasteiger partial charge in [-0.1, -0.05) is 26.0 Å². The predicted octanol–water partition coefficient (Wildman–Crippen LogP) is 1.74. The number of esters is 1. The van der Waals surface area contributed by atoms with Crippen LogP contribution in [0.4, 0.5) is 0 Å². The molecule has 130 valence electrons. The van der Waals surface area contributed by atoms with Gasteiger partial charge in [-0.3, -0.25) is 14.5 Å². The van der Waals surface area contributed by atoms with Crippen LogP contribution in [0.25, 0.3) is 0 Å². The topological polar surface area (TPSA) is 103 Å². The minimum absolute atomic E-state index is 0.149. The smallest absolute Gasteiger partial charge is 0.330 e. The van der Waals surface area contributed by atoms with Crippen molar-refractivity contribution in [3.63, 3.8) is 0 Å². The molecule has 1 aromatic carbocycles. The van der Waals surface area contributed by atoms with Crippen LogP contribution in [0, 0.1) is 12.8 Å². The molecule has 2 amide bonds. The highest BCUT2D eigenvalue weighted by Crippen LogP contribution is 2.27. The van der Waals surface area contributed by atoms with Crippen molar-refractivity contribution in [3.05, 3.63) is 47.2 Å². The number of nitrogens with zero attached hydrogens (tertiary/aromatic N) is 3. The Kier molecular flexibility index (Phi) is 4.35. The van der Waals surface area contributed by atoms with Gasteiger partial charge in [0.2, 0.25) is 5.89 Å². The number of aromatic nitrogens is 2. The molecule has 1 unspecified atom stereocenters. The van der Waals surface area contributed by atoms with Crippen LogP contribution >= 0.6 is 0 Å². The summed E-state index contributed by atoms with van der Waals surface area (Å²) in [5.74, 6) is -1.50. The fraction of sp³-hybridized carbons (Fsp3) is 0.353. The molecule has 1 aromatic heterocycles. The SMILES string of the molecule is Cc1nnc(COC(=O)C(C(C)C)N2C(=O)c3ccccc3C2=O)o1. The lowest BCUT2D eigenvalue weighted by Crippen LogP contribution is -2.48. The van der Waals surface area contributed by atoms with Crippen LogP contribution in [0.2, 0.25) is 0 Å². The summed E-state index contributed by atoms with van der Waals surface area (Å²) in [5, 5.41) is 7.39. The Morgan fingerprint density at radius 1 is 1.16 bits per heavy atom. The van der Waals surface area contributed by atoms with Crippen molar-refractivity contribution in [3.8, 4) is 0 Å². The molecule has 8 nitrogen and oxygen atoms in total. The molecule has 1 aliphatic rings. The molecule has 25 heavy (non-hydrogen) atoms. The predicted molar refractivity (Wildman–Crippen MR) is 84.4 cm³/mol. The van der Waals surface area contributed by atoms with Crippen molar-refractivity contribution < 1.29 is 23.5 Å². The lowest BCUT2D eigenvalue weighted by atomic mass is 10.0. The summed E-state index contributed by atoms with van der Waals surface area (Å²) in [5.41, 5.74) is 0.581. The first-order chi connectivity index (χ1) is 11.9.